The summed E-state index contributed by atoms with van der Waals surface area (Å²) >= 11 is 0. The average molecular weight is 297 g/mol. The van der Waals surface area contributed by atoms with Gasteiger partial charge in [-0.25, -0.2) is 13.2 Å². The second kappa shape index (κ2) is 5.36. The predicted octanol–water partition coefficient (Wildman–Crippen LogP) is 1.69. The summed E-state index contributed by atoms with van der Waals surface area (Å²) in [6.45, 7) is 4.34. The number of hydrogen-bond donors (Lipinski definition) is 2. The van der Waals surface area contributed by atoms with E-state index in [-0.39, 0.29) is 11.4 Å². The fourth-order valence-electron chi connectivity index (χ4n) is 2.33. The van der Waals surface area contributed by atoms with Crippen LogP contribution in [-0.2, 0) is 0 Å². The van der Waals surface area contributed by atoms with Crippen LogP contribution in [0.4, 0.5) is 19.1 Å². The molecule has 2 aromatic rings. The lowest BCUT2D eigenvalue weighted by molar-refractivity contribution is 0.447. The summed E-state index contributed by atoms with van der Waals surface area (Å²) in [5.41, 5.74) is 0.119. The first-order chi connectivity index (χ1) is 10.0. The molecule has 3 rings (SSSR count). The van der Waals surface area contributed by atoms with Gasteiger partial charge in [0.2, 0.25) is 5.95 Å². The van der Waals surface area contributed by atoms with Crippen LogP contribution < -0.4 is 10.2 Å². The van der Waals surface area contributed by atoms with E-state index >= 15 is 0 Å². The summed E-state index contributed by atoms with van der Waals surface area (Å²) in [5.74, 6) is -3.33. The van der Waals surface area contributed by atoms with E-state index in [1.165, 1.54) is 0 Å². The molecule has 0 aliphatic carbocycles. The van der Waals surface area contributed by atoms with Crippen LogP contribution in [0.15, 0.2) is 12.1 Å². The molecule has 1 saturated heterocycles. The molecule has 0 spiro atoms. The van der Waals surface area contributed by atoms with E-state index in [4.69, 9.17) is 0 Å². The van der Waals surface area contributed by atoms with E-state index < -0.39 is 17.5 Å². The number of H-pyrrole nitrogens is 1. The summed E-state index contributed by atoms with van der Waals surface area (Å²) in [6.07, 6.45) is 0. The molecule has 1 aliphatic heterocycles. The highest BCUT2D eigenvalue weighted by Gasteiger charge is 2.20. The maximum absolute atomic E-state index is 13.2. The topological polar surface area (TPSA) is 56.8 Å². The van der Waals surface area contributed by atoms with Crippen LogP contribution in [-0.4, -0.2) is 40.9 Å². The number of halogens is 3. The Balaban J connectivity index is 1.88. The van der Waals surface area contributed by atoms with Gasteiger partial charge in [-0.3, -0.25) is 5.10 Å². The lowest BCUT2D eigenvalue weighted by Crippen LogP contribution is -2.49. The van der Waals surface area contributed by atoms with Crippen molar-refractivity contribution in [1.82, 2.24) is 20.5 Å². The zero-order valence-corrected chi connectivity index (χ0v) is 11.3. The number of hydrogen-bond acceptors (Lipinski definition) is 4. The third kappa shape index (κ3) is 2.71. The maximum atomic E-state index is 13.2. The van der Waals surface area contributed by atoms with Gasteiger partial charge in [0.25, 0.3) is 0 Å². The van der Waals surface area contributed by atoms with Gasteiger partial charge < -0.3 is 10.2 Å². The van der Waals surface area contributed by atoms with Gasteiger partial charge in [0.1, 0.15) is 0 Å². The molecule has 0 saturated carbocycles. The number of rotatable bonds is 2. The van der Waals surface area contributed by atoms with Crippen LogP contribution >= 0.6 is 0 Å². The Labute approximate surface area is 119 Å². The lowest BCUT2D eigenvalue weighted by Gasteiger charge is -2.30. The number of aromatic amines is 1. The second-order valence-electron chi connectivity index (χ2n) is 5.04. The molecule has 0 unspecified atom stereocenters. The van der Waals surface area contributed by atoms with Gasteiger partial charge in [0.05, 0.1) is 0 Å². The van der Waals surface area contributed by atoms with E-state index in [0.717, 1.165) is 31.8 Å². The van der Waals surface area contributed by atoms with Gasteiger partial charge in [-0.05, 0) is 19.1 Å². The first-order valence-corrected chi connectivity index (χ1v) is 6.60. The molecule has 0 radical (unpaired) electrons. The zero-order chi connectivity index (χ0) is 15.0. The minimum absolute atomic E-state index is 0.119. The van der Waals surface area contributed by atoms with E-state index in [2.05, 4.69) is 20.5 Å². The highest BCUT2D eigenvalue weighted by Crippen LogP contribution is 2.22. The minimum Gasteiger partial charge on any atom is -0.337 e. The Morgan fingerprint density at radius 2 is 1.95 bits per heavy atom. The van der Waals surface area contributed by atoms with Crippen LogP contribution in [0, 0.1) is 17.5 Å². The standard InChI is InChI=1S/C13H14F3N5/c1-7-6-21(3-2-17-7)13-18-12(19-20-13)8-4-9(14)11(16)10(15)5-8/h4-5,7,17H,2-3,6H2,1H3,(H,18,19,20)/t7-/m1/s1. The molecule has 2 heterocycles. The van der Waals surface area contributed by atoms with Crippen molar-refractivity contribution in [2.75, 3.05) is 24.5 Å². The van der Waals surface area contributed by atoms with Crippen LogP contribution in [0.2, 0.25) is 0 Å². The number of aromatic nitrogens is 3. The van der Waals surface area contributed by atoms with Crippen molar-refractivity contribution in [1.29, 1.82) is 0 Å². The normalized spacial score (nSPS) is 19.0. The Hall–Kier alpha value is -2.09. The first-order valence-electron chi connectivity index (χ1n) is 6.60. The number of benzene rings is 1. The van der Waals surface area contributed by atoms with Gasteiger partial charge in [0, 0.05) is 31.2 Å². The molecule has 1 aromatic carbocycles. The molecule has 0 amide bonds. The number of anilines is 1. The third-order valence-electron chi connectivity index (χ3n) is 3.38. The molecule has 8 heteroatoms. The average Bonchev–Trinajstić information content (AvgIpc) is 2.94. The smallest absolute Gasteiger partial charge is 0.245 e. The Morgan fingerprint density at radius 3 is 2.62 bits per heavy atom. The fraction of sp³-hybridized carbons (Fsp3) is 0.385. The fourth-order valence-corrected chi connectivity index (χ4v) is 2.33. The van der Waals surface area contributed by atoms with Crippen molar-refractivity contribution in [2.24, 2.45) is 0 Å². The summed E-state index contributed by atoms with van der Waals surface area (Å²) in [4.78, 5) is 6.20. The minimum atomic E-state index is -1.49. The van der Waals surface area contributed by atoms with Crippen molar-refractivity contribution in [3.05, 3.63) is 29.6 Å². The molecule has 5 nitrogen and oxygen atoms in total. The summed E-state index contributed by atoms with van der Waals surface area (Å²) in [6, 6.07) is 2.09. The monoisotopic (exact) mass is 297 g/mol. The van der Waals surface area contributed by atoms with Crippen LogP contribution in [0.3, 0.4) is 0 Å². The van der Waals surface area contributed by atoms with E-state index in [1.807, 2.05) is 11.8 Å². The van der Waals surface area contributed by atoms with Crippen LogP contribution in [0.25, 0.3) is 11.4 Å². The van der Waals surface area contributed by atoms with E-state index in [0.29, 0.717) is 12.0 Å². The van der Waals surface area contributed by atoms with Crippen molar-refractivity contribution >= 4 is 5.95 Å². The predicted molar refractivity (Wildman–Crippen MR) is 71.4 cm³/mol. The summed E-state index contributed by atoms with van der Waals surface area (Å²) in [7, 11) is 0. The van der Waals surface area contributed by atoms with Crippen LogP contribution in [0.1, 0.15) is 6.92 Å². The molecule has 0 bridgehead atoms. The van der Waals surface area contributed by atoms with Crippen molar-refractivity contribution < 1.29 is 13.2 Å². The molecule has 112 valence electrons. The van der Waals surface area contributed by atoms with Crippen molar-refractivity contribution in [3.8, 4) is 11.4 Å². The van der Waals surface area contributed by atoms with Gasteiger partial charge in [0.15, 0.2) is 23.3 Å². The Kier molecular flexibility index (Phi) is 3.54. The van der Waals surface area contributed by atoms with E-state index in [9.17, 15) is 13.2 Å². The zero-order valence-electron chi connectivity index (χ0n) is 11.3. The largest absolute Gasteiger partial charge is 0.337 e. The van der Waals surface area contributed by atoms with Gasteiger partial charge >= 0.3 is 0 Å². The quantitative estimate of drug-likeness (QED) is 0.828. The second-order valence-corrected chi connectivity index (χ2v) is 5.04. The highest BCUT2D eigenvalue weighted by atomic mass is 19.2. The van der Waals surface area contributed by atoms with Gasteiger partial charge in [-0.2, -0.15) is 4.98 Å². The molecular formula is C13H14F3N5. The number of nitrogens with zero attached hydrogens (tertiary/aromatic N) is 3. The SMILES string of the molecule is C[C@@H]1CN(c2n[nH]c(-c3cc(F)c(F)c(F)c3)n2)CCN1. The maximum Gasteiger partial charge on any atom is 0.245 e. The number of nitrogens with one attached hydrogen (secondary N) is 2. The molecule has 1 aromatic heterocycles. The highest BCUT2D eigenvalue weighted by molar-refractivity contribution is 5.56. The van der Waals surface area contributed by atoms with Crippen molar-refractivity contribution in [2.45, 2.75) is 13.0 Å². The Morgan fingerprint density at radius 1 is 1.24 bits per heavy atom. The van der Waals surface area contributed by atoms with Gasteiger partial charge in [-0.15, -0.1) is 5.10 Å². The molecule has 1 atom stereocenters. The van der Waals surface area contributed by atoms with Crippen molar-refractivity contribution in [3.63, 3.8) is 0 Å². The molecule has 2 N–H and O–H groups in total. The van der Waals surface area contributed by atoms with Crippen LogP contribution in [0.5, 0.6) is 0 Å². The molecule has 21 heavy (non-hydrogen) atoms. The summed E-state index contributed by atoms with van der Waals surface area (Å²) < 4.78 is 39.4. The molecule has 1 fully saturated rings. The first kappa shape index (κ1) is 13.9. The number of piperazine rings is 1. The Bertz CT molecular complexity index is 634. The van der Waals surface area contributed by atoms with Gasteiger partial charge in [-0.1, -0.05) is 0 Å². The molecule has 1 aliphatic rings. The summed E-state index contributed by atoms with van der Waals surface area (Å²) in [5, 5.41) is 9.98. The lowest BCUT2D eigenvalue weighted by atomic mass is 10.2. The third-order valence-corrected chi connectivity index (χ3v) is 3.38. The van der Waals surface area contributed by atoms with E-state index in [1.54, 1.807) is 0 Å². The molecular weight excluding hydrogens is 283 g/mol.